The van der Waals surface area contributed by atoms with E-state index in [-0.39, 0.29) is 13.0 Å². The van der Waals surface area contributed by atoms with Crippen molar-refractivity contribution in [3.05, 3.63) is 0 Å². The van der Waals surface area contributed by atoms with Crippen molar-refractivity contribution in [1.82, 2.24) is 10.2 Å². The number of carboxylic acids is 2. The second-order valence-electron chi connectivity index (χ2n) is 4.01. The van der Waals surface area contributed by atoms with Crippen LogP contribution in [0.15, 0.2) is 0 Å². The van der Waals surface area contributed by atoms with E-state index in [0.29, 0.717) is 25.5 Å². The van der Waals surface area contributed by atoms with Gasteiger partial charge in [0.2, 0.25) is 6.41 Å². The second kappa shape index (κ2) is 12.6. The van der Waals surface area contributed by atoms with Crippen LogP contribution in [-0.2, 0) is 24.0 Å². The number of amides is 2. The first-order chi connectivity index (χ1) is 9.81. The first kappa shape index (κ1) is 20.9. The molecule has 0 saturated carbocycles. The number of nitrogens with one attached hydrogen (secondary N) is 1. The molecular formula is C12H20N2O7. The van der Waals surface area contributed by atoms with E-state index in [2.05, 4.69) is 5.32 Å². The SMILES string of the molecule is CN(CCCCC(C=O)C(=O)O)C(=O)C(=O)O.CNC=O. The molecule has 0 rings (SSSR count). The summed E-state index contributed by atoms with van der Waals surface area (Å²) in [7, 11) is 2.91. The smallest absolute Gasteiger partial charge is 0.394 e. The number of rotatable bonds is 8. The summed E-state index contributed by atoms with van der Waals surface area (Å²) in [6.45, 7) is 0.219. The van der Waals surface area contributed by atoms with Crippen LogP contribution in [0.1, 0.15) is 19.3 Å². The van der Waals surface area contributed by atoms with Gasteiger partial charge in [-0.25, -0.2) is 4.79 Å². The summed E-state index contributed by atoms with van der Waals surface area (Å²) in [6, 6.07) is 0. The maximum Gasteiger partial charge on any atom is 0.394 e. The van der Waals surface area contributed by atoms with Crippen LogP contribution in [0.4, 0.5) is 0 Å². The average Bonchev–Trinajstić information content (AvgIpc) is 2.45. The molecule has 0 aliphatic heterocycles. The number of nitrogens with zero attached hydrogens (tertiary/aromatic N) is 1. The summed E-state index contributed by atoms with van der Waals surface area (Å²) in [5.41, 5.74) is 0. The highest BCUT2D eigenvalue weighted by molar-refractivity contribution is 6.31. The molecule has 0 aromatic rings. The highest BCUT2D eigenvalue weighted by Gasteiger charge is 2.18. The van der Waals surface area contributed by atoms with E-state index >= 15 is 0 Å². The molecule has 21 heavy (non-hydrogen) atoms. The Labute approximate surface area is 121 Å². The van der Waals surface area contributed by atoms with E-state index < -0.39 is 23.8 Å². The summed E-state index contributed by atoms with van der Waals surface area (Å²) in [5, 5.41) is 19.2. The number of carboxylic acid groups (broad SMARTS) is 2. The third-order valence-electron chi connectivity index (χ3n) is 2.39. The van der Waals surface area contributed by atoms with Crippen molar-refractivity contribution < 1.29 is 34.2 Å². The van der Waals surface area contributed by atoms with Gasteiger partial charge in [-0.3, -0.25) is 14.4 Å². The zero-order valence-corrected chi connectivity index (χ0v) is 11.9. The van der Waals surface area contributed by atoms with Gasteiger partial charge in [0.05, 0.1) is 0 Å². The van der Waals surface area contributed by atoms with Crippen LogP contribution in [0.25, 0.3) is 0 Å². The number of aliphatic carboxylic acids is 2. The second-order valence-corrected chi connectivity index (χ2v) is 4.01. The lowest BCUT2D eigenvalue weighted by molar-refractivity contribution is -0.155. The first-order valence-corrected chi connectivity index (χ1v) is 6.09. The molecule has 2 amide bonds. The molecule has 1 atom stereocenters. The van der Waals surface area contributed by atoms with Crippen molar-refractivity contribution in [3.63, 3.8) is 0 Å². The average molecular weight is 304 g/mol. The molecule has 0 spiro atoms. The Morgan fingerprint density at radius 3 is 2.05 bits per heavy atom. The summed E-state index contributed by atoms with van der Waals surface area (Å²) < 4.78 is 0. The lowest BCUT2D eigenvalue weighted by Crippen LogP contribution is -2.33. The maximum absolute atomic E-state index is 10.9. The van der Waals surface area contributed by atoms with Crippen LogP contribution in [0.5, 0.6) is 0 Å². The maximum atomic E-state index is 10.9. The Kier molecular flexibility index (Phi) is 12.5. The van der Waals surface area contributed by atoms with E-state index in [1.165, 1.54) is 7.05 Å². The molecule has 0 aromatic heterocycles. The lowest BCUT2D eigenvalue weighted by atomic mass is 10.0. The molecule has 0 fully saturated rings. The van der Waals surface area contributed by atoms with Gasteiger partial charge in [-0.15, -0.1) is 0 Å². The molecule has 3 N–H and O–H groups in total. The molecule has 0 aliphatic carbocycles. The highest BCUT2D eigenvalue weighted by Crippen LogP contribution is 2.07. The predicted octanol–water partition coefficient (Wildman–Crippen LogP) is -1.04. The minimum absolute atomic E-state index is 0.188. The van der Waals surface area contributed by atoms with Crippen molar-refractivity contribution in [3.8, 4) is 0 Å². The van der Waals surface area contributed by atoms with Gasteiger partial charge in [0, 0.05) is 20.6 Å². The third kappa shape index (κ3) is 11.1. The molecule has 0 bridgehead atoms. The molecule has 9 nitrogen and oxygen atoms in total. The zero-order valence-electron chi connectivity index (χ0n) is 11.9. The third-order valence-corrected chi connectivity index (χ3v) is 2.39. The molecule has 1 unspecified atom stereocenters. The fourth-order valence-electron chi connectivity index (χ4n) is 1.23. The lowest BCUT2D eigenvalue weighted by Gasteiger charge is -2.14. The number of carbonyl (C=O) groups is 5. The Bertz CT molecular complexity index is 371. The fourth-order valence-corrected chi connectivity index (χ4v) is 1.23. The minimum atomic E-state index is -1.52. The summed E-state index contributed by atoms with van der Waals surface area (Å²) >= 11 is 0. The van der Waals surface area contributed by atoms with Crippen LogP contribution in [0, 0.1) is 5.92 Å². The zero-order chi connectivity index (χ0) is 16.8. The van der Waals surface area contributed by atoms with Gasteiger partial charge < -0.3 is 25.2 Å². The quantitative estimate of drug-likeness (QED) is 0.225. The predicted molar refractivity (Wildman–Crippen MR) is 71.4 cm³/mol. The topological polar surface area (TPSA) is 141 Å². The van der Waals surface area contributed by atoms with Crippen LogP contribution >= 0.6 is 0 Å². The van der Waals surface area contributed by atoms with Crippen LogP contribution in [-0.4, -0.2) is 66.3 Å². The molecule has 120 valence electrons. The van der Waals surface area contributed by atoms with Gasteiger partial charge in [0.25, 0.3) is 0 Å². The van der Waals surface area contributed by atoms with Crippen molar-refractivity contribution in [2.45, 2.75) is 19.3 Å². The van der Waals surface area contributed by atoms with Crippen molar-refractivity contribution in [2.75, 3.05) is 20.6 Å². The Morgan fingerprint density at radius 2 is 1.71 bits per heavy atom. The molecule has 0 saturated heterocycles. The fraction of sp³-hybridized carbons (Fsp3) is 0.583. The number of aldehydes is 1. The molecular weight excluding hydrogens is 284 g/mol. The summed E-state index contributed by atoms with van der Waals surface area (Å²) in [5.74, 6) is -4.73. The molecule has 0 aromatic carbocycles. The van der Waals surface area contributed by atoms with Gasteiger partial charge >= 0.3 is 17.8 Å². The first-order valence-electron chi connectivity index (χ1n) is 6.09. The normalized spacial score (nSPS) is 10.4. The number of hydrogen-bond acceptors (Lipinski definition) is 5. The monoisotopic (exact) mass is 304 g/mol. The number of likely N-dealkylation sites (N-methyl/N-ethyl adjacent to an activating group) is 1. The van der Waals surface area contributed by atoms with E-state index in [1.807, 2.05) is 0 Å². The summed E-state index contributed by atoms with van der Waals surface area (Å²) in [6.07, 6.45) is 2.07. The Hall–Kier alpha value is -2.45. The van der Waals surface area contributed by atoms with Gasteiger partial charge in [-0.1, -0.05) is 6.42 Å². The van der Waals surface area contributed by atoms with Gasteiger partial charge in [-0.2, -0.15) is 0 Å². The van der Waals surface area contributed by atoms with E-state index in [0.717, 1.165) is 4.90 Å². The summed E-state index contributed by atoms with van der Waals surface area (Å²) in [4.78, 5) is 52.1. The van der Waals surface area contributed by atoms with Crippen molar-refractivity contribution in [1.29, 1.82) is 0 Å². The Morgan fingerprint density at radius 1 is 1.19 bits per heavy atom. The largest absolute Gasteiger partial charge is 0.481 e. The molecule has 0 radical (unpaired) electrons. The van der Waals surface area contributed by atoms with Gasteiger partial charge in [-0.05, 0) is 12.8 Å². The van der Waals surface area contributed by atoms with Gasteiger partial charge in [0.15, 0.2) is 0 Å². The molecule has 0 aliphatic rings. The van der Waals surface area contributed by atoms with Crippen molar-refractivity contribution in [2.24, 2.45) is 5.92 Å². The van der Waals surface area contributed by atoms with Crippen LogP contribution < -0.4 is 5.32 Å². The van der Waals surface area contributed by atoms with Crippen molar-refractivity contribution >= 4 is 30.5 Å². The Balaban J connectivity index is 0. The minimum Gasteiger partial charge on any atom is -0.481 e. The van der Waals surface area contributed by atoms with E-state index in [4.69, 9.17) is 15.0 Å². The molecule has 0 heterocycles. The number of hydrogen-bond donors (Lipinski definition) is 3. The number of carbonyl (C=O) groups excluding carboxylic acids is 3. The highest BCUT2D eigenvalue weighted by atomic mass is 16.4. The molecule has 9 heteroatoms. The van der Waals surface area contributed by atoms with E-state index in [1.54, 1.807) is 7.05 Å². The van der Waals surface area contributed by atoms with Crippen LogP contribution in [0.2, 0.25) is 0 Å². The standard InChI is InChI=1S/C10H15NO6.C2H5NO/c1-11(8(13)10(16)17)5-3-2-4-7(6-12)9(14)15;1-3-2-4/h6-7H,2-5H2,1H3,(H,14,15)(H,16,17);2H,1H3,(H,3,4). The van der Waals surface area contributed by atoms with Crippen LogP contribution in [0.3, 0.4) is 0 Å². The number of unbranched alkanes of at least 4 members (excludes halogenated alkanes) is 1. The van der Waals surface area contributed by atoms with Gasteiger partial charge in [0.1, 0.15) is 12.2 Å². The van der Waals surface area contributed by atoms with E-state index in [9.17, 15) is 19.2 Å².